The second kappa shape index (κ2) is 12.0. The lowest BCUT2D eigenvalue weighted by molar-refractivity contribution is -0.143. The number of methoxy groups -OCH3 is 1. The van der Waals surface area contributed by atoms with E-state index in [-0.39, 0.29) is 23.5 Å². The molecule has 0 aliphatic heterocycles. The van der Waals surface area contributed by atoms with Crippen LogP contribution in [0, 0.1) is 5.92 Å². The SMILES string of the molecule is CO[C@](C)(c1ccc(C(F)(F)F)cc1CN(Cc1cc(C(F)(F)F)cc(C(F)(F)F)c1)c1nnn(C)n1)C1CCCCC1. The maximum Gasteiger partial charge on any atom is 0.416 e. The number of halogens is 9. The van der Waals surface area contributed by atoms with Gasteiger partial charge in [-0.05, 0) is 77.9 Å². The number of anilines is 1. The summed E-state index contributed by atoms with van der Waals surface area (Å²) in [7, 11) is 2.85. The van der Waals surface area contributed by atoms with Crippen molar-refractivity contribution in [1.29, 1.82) is 0 Å². The molecule has 1 heterocycles. The molecule has 6 nitrogen and oxygen atoms in total. The van der Waals surface area contributed by atoms with E-state index in [2.05, 4.69) is 15.4 Å². The van der Waals surface area contributed by atoms with E-state index < -0.39 is 59.5 Å². The Morgan fingerprint density at radius 1 is 0.814 bits per heavy atom. The third-order valence-corrected chi connectivity index (χ3v) is 7.94. The predicted octanol–water partition coefficient (Wildman–Crippen LogP) is 7.92. The lowest BCUT2D eigenvalue weighted by atomic mass is 9.73. The first-order chi connectivity index (χ1) is 19.9. The number of hydrogen-bond acceptors (Lipinski definition) is 5. The Kier molecular flexibility index (Phi) is 9.06. The standard InChI is InChI=1S/C28H30F9N5O/c1-25(43-3,19-7-5-4-6-8-19)23-10-9-20(26(29,30)31)13-18(23)16-42(24-38-40-41(2)39-24)15-17-11-21(27(32,33)34)14-22(12-17)28(35,36)37/h9-14,19H,4-8,15-16H2,1-3H3/t25-/m0/s1. The van der Waals surface area contributed by atoms with Gasteiger partial charge in [-0.25, -0.2) is 0 Å². The average molecular weight is 624 g/mol. The summed E-state index contributed by atoms with van der Waals surface area (Å²) in [5.74, 6) is -0.240. The van der Waals surface area contributed by atoms with E-state index >= 15 is 0 Å². The molecule has 0 spiro atoms. The molecular formula is C28H30F9N5O. The van der Waals surface area contributed by atoms with Crippen molar-refractivity contribution in [3.63, 3.8) is 0 Å². The lowest BCUT2D eigenvalue weighted by Gasteiger charge is -2.41. The number of hydrogen-bond donors (Lipinski definition) is 0. The summed E-state index contributed by atoms with van der Waals surface area (Å²) in [5.41, 5.74) is -4.91. The van der Waals surface area contributed by atoms with Crippen molar-refractivity contribution in [1.82, 2.24) is 20.2 Å². The first kappa shape index (κ1) is 32.6. The van der Waals surface area contributed by atoms with Crippen LogP contribution in [0.25, 0.3) is 0 Å². The fourth-order valence-electron chi connectivity index (χ4n) is 5.67. The zero-order valence-corrected chi connectivity index (χ0v) is 23.5. The van der Waals surface area contributed by atoms with Crippen LogP contribution in [0.5, 0.6) is 0 Å². The van der Waals surface area contributed by atoms with Crippen LogP contribution in [-0.4, -0.2) is 27.3 Å². The van der Waals surface area contributed by atoms with Crippen LogP contribution in [0.4, 0.5) is 45.5 Å². The molecule has 2 aromatic carbocycles. The van der Waals surface area contributed by atoms with Crippen molar-refractivity contribution in [3.05, 3.63) is 69.8 Å². The summed E-state index contributed by atoms with van der Waals surface area (Å²) in [5, 5.41) is 11.6. The Labute approximate surface area is 241 Å². The number of benzene rings is 2. The maximum absolute atomic E-state index is 13.9. The molecule has 15 heteroatoms. The number of ether oxygens (including phenoxy) is 1. The smallest absolute Gasteiger partial charge is 0.374 e. The molecule has 0 bridgehead atoms. The van der Waals surface area contributed by atoms with E-state index in [1.807, 2.05) is 0 Å². The predicted molar refractivity (Wildman–Crippen MR) is 138 cm³/mol. The van der Waals surface area contributed by atoms with Gasteiger partial charge in [0.2, 0.25) is 0 Å². The van der Waals surface area contributed by atoms with Crippen LogP contribution >= 0.6 is 0 Å². The van der Waals surface area contributed by atoms with Crippen LogP contribution in [0.1, 0.15) is 72.4 Å². The van der Waals surface area contributed by atoms with E-state index in [1.165, 1.54) is 25.1 Å². The second-order valence-electron chi connectivity index (χ2n) is 10.9. The fourth-order valence-corrected chi connectivity index (χ4v) is 5.67. The zero-order chi connectivity index (χ0) is 31.8. The minimum atomic E-state index is -5.08. The summed E-state index contributed by atoms with van der Waals surface area (Å²) < 4.78 is 129. The monoisotopic (exact) mass is 623 g/mol. The number of alkyl halides is 9. The van der Waals surface area contributed by atoms with Gasteiger partial charge in [-0.15, -0.1) is 5.10 Å². The second-order valence-corrected chi connectivity index (χ2v) is 10.9. The summed E-state index contributed by atoms with van der Waals surface area (Å²) >= 11 is 0. The highest BCUT2D eigenvalue weighted by Gasteiger charge is 2.41. The van der Waals surface area contributed by atoms with Crippen LogP contribution in [0.2, 0.25) is 0 Å². The van der Waals surface area contributed by atoms with Gasteiger partial charge < -0.3 is 9.64 Å². The number of rotatable bonds is 8. The number of aromatic nitrogens is 4. The maximum atomic E-state index is 13.9. The Morgan fingerprint density at radius 3 is 1.88 bits per heavy atom. The molecule has 0 radical (unpaired) electrons. The molecular weight excluding hydrogens is 593 g/mol. The van der Waals surface area contributed by atoms with E-state index in [9.17, 15) is 39.5 Å². The fraction of sp³-hybridized carbons (Fsp3) is 0.536. The first-order valence-electron chi connectivity index (χ1n) is 13.4. The van der Waals surface area contributed by atoms with Crippen molar-refractivity contribution in [2.75, 3.05) is 12.0 Å². The van der Waals surface area contributed by atoms with Gasteiger partial charge >= 0.3 is 18.5 Å². The molecule has 1 aromatic heterocycles. The number of aryl methyl sites for hydroxylation is 1. The van der Waals surface area contributed by atoms with Crippen molar-refractivity contribution < 1.29 is 44.3 Å². The molecule has 0 saturated heterocycles. The molecule has 1 fully saturated rings. The molecule has 0 N–H and O–H groups in total. The van der Waals surface area contributed by atoms with Gasteiger partial charge in [0, 0.05) is 20.2 Å². The topological polar surface area (TPSA) is 56.1 Å². The van der Waals surface area contributed by atoms with Crippen molar-refractivity contribution in [2.45, 2.75) is 76.2 Å². The number of nitrogens with zero attached hydrogens (tertiary/aromatic N) is 5. The zero-order valence-electron chi connectivity index (χ0n) is 23.5. The average Bonchev–Trinajstić information content (AvgIpc) is 3.37. The Hall–Kier alpha value is -3.36. The quantitative estimate of drug-likeness (QED) is 0.239. The Balaban J connectivity index is 1.85. The molecule has 1 atom stereocenters. The molecule has 3 aromatic rings. The molecule has 0 amide bonds. The van der Waals surface area contributed by atoms with E-state index in [1.54, 1.807) is 6.92 Å². The third kappa shape index (κ3) is 7.42. The van der Waals surface area contributed by atoms with Gasteiger partial charge in [-0.1, -0.05) is 30.4 Å². The highest BCUT2D eigenvalue weighted by atomic mass is 19.4. The minimum absolute atomic E-state index is 0.00746. The van der Waals surface area contributed by atoms with Crippen LogP contribution in [0.15, 0.2) is 36.4 Å². The highest BCUT2D eigenvalue weighted by molar-refractivity contribution is 5.43. The summed E-state index contributed by atoms with van der Waals surface area (Å²) in [6, 6.07) is 4.32. The van der Waals surface area contributed by atoms with Gasteiger partial charge in [0.25, 0.3) is 5.95 Å². The van der Waals surface area contributed by atoms with Crippen molar-refractivity contribution >= 4 is 5.95 Å². The lowest BCUT2D eigenvalue weighted by Crippen LogP contribution is -2.37. The molecule has 1 saturated carbocycles. The first-order valence-corrected chi connectivity index (χ1v) is 13.4. The minimum Gasteiger partial charge on any atom is -0.374 e. The van der Waals surface area contributed by atoms with Crippen molar-refractivity contribution in [3.8, 4) is 0 Å². The van der Waals surface area contributed by atoms with Crippen molar-refractivity contribution in [2.24, 2.45) is 13.0 Å². The molecule has 1 aliphatic carbocycles. The van der Waals surface area contributed by atoms with E-state index in [4.69, 9.17) is 4.74 Å². The van der Waals surface area contributed by atoms with Crippen LogP contribution in [0.3, 0.4) is 0 Å². The normalized spacial score (nSPS) is 16.7. The van der Waals surface area contributed by atoms with Crippen LogP contribution in [-0.2, 0) is 49.0 Å². The van der Waals surface area contributed by atoms with Gasteiger partial charge in [-0.2, -0.15) is 44.3 Å². The van der Waals surface area contributed by atoms with Crippen LogP contribution < -0.4 is 4.90 Å². The highest BCUT2D eigenvalue weighted by Crippen LogP contribution is 2.44. The van der Waals surface area contributed by atoms with E-state index in [0.717, 1.165) is 49.0 Å². The Morgan fingerprint density at radius 2 is 1.40 bits per heavy atom. The third-order valence-electron chi connectivity index (χ3n) is 7.94. The van der Waals surface area contributed by atoms with Gasteiger partial charge in [0.1, 0.15) is 0 Å². The summed E-state index contributed by atoms with van der Waals surface area (Å²) in [4.78, 5) is 2.21. The molecule has 4 rings (SSSR count). The van der Waals surface area contributed by atoms with Gasteiger partial charge in [0.15, 0.2) is 0 Å². The van der Waals surface area contributed by atoms with Gasteiger partial charge in [-0.3, -0.25) is 0 Å². The molecule has 236 valence electrons. The van der Waals surface area contributed by atoms with E-state index in [0.29, 0.717) is 17.7 Å². The number of tetrazole rings is 1. The molecule has 43 heavy (non-hydrogen) atoms. The summed E-state index contributed by atoms with van der Waals surface area (Å²) in [6.45, 7) is 0.790. The summed E-state index contributed by atoms with van der Waals surface area (Å²) in [6.07, 6.45) is -10.5. The molecule has 1 aliphatic rings. The largest absolute Gasteiger partial charge is 0.416 e. The van der Waals surface area contributed by atoms with Gasteiger partial charge in [0.05, 0.1) is 29.3 Å². The Bertz CT molecular complexity index is 1380. The molecule has 0 unspecified atom stereocenters.